The molecule has 0 amide bonds. The van der Waals surface area contributed by atoms with Gasteiger partial charge >= 0.3 is 0 Å². The summed E-state index contributed by atoms with van der Waals surface area (Å²) in [5.74, 6) is 0. The summed E-state index contributed by atoms with van der Waals surface area (Å²) in [5.41, 5.74) is 0.164. The summed E-state index contributed by atoms with van der Waals surface area (Å²) in [7, 11) is 0. The Hall–Kier alpha value is -1.73. The second-order valence-corrected chi connectivity index (χ2v) is 6.23. The molecule has 0 aliphatic carbocycles. The second kappa shape index (κ2) is 4.75. The summed E-state index contributed by atoms with van der Waals surface area (Å²) in [5, 5.41) is 24.5. The highest BCUT2D eigenvalue weighted by Crippen LogP contribution is 2.33. The van der Waals surface area contributed by atoms with E-state index in [2.05, 4.69) is 10.3 Å². The topological polar surface area (TPSA) is 88.3 Å². The van der Waals surface area contributed by atoms with Crippen molar-refractivity contribution in [2.45, 2.75) is 26.4 Å². The zero-order chi connectivity index (χ0) is 14.2. The van der Waals surface area contributed by atoms with Crippen LogP contribution in [0.15, 0.2) is 12.1 Å². The molecule has 0 aliphatic heterocycles. The number of nitro benzene ring substituents is 1. The molecule has 0 atom stereocenters. The molecule has 0 spiro atoms. The lowest BCUT2D eigenvalue weighted by molar-refractivity contribution is -0.383. The van der Waals surface area contributed by atoms with Crippen LogP contribution >= 0.6 is 11.3 Å². The molecule has 102 valence electrons. The summed E-state index contributed by atoms with van der Waals surface area (Å²) in [6, 6.07) is 3.18. The molecule has 1 aromatic carbocycles. The highest BCUT2D eigenvalue weighted by Gasteiger charge is 2.19. The molecule has 0 saturated heterocycles. The first-order valence-electron chi connectivity index (χ1n) is 5.78. The predicted octanol–water partition coefficient (Wildman–Crippen LogP) is 2.70. The van der Waals surface area contributed by atoms with Crippen LogP contribution in [-0.2, 0) is 0 Å². The lowest BCUT2D eigenvalue weighted by Gasteiger charge is -2.18. The number of thiazole rings is 1. The average Bonchev–Trinajstić information content (AvgIpc) is 2.62. The summed E-state index contributed by atoms with van der Waals surface area (Å²) in [6.45, 7) is 5.36. The fourth-order valence-electron chi connectivity index (χ4n) is 1.68. The minimum absolute atomic E-state index is 0.000370. The molecule has 0 unspecified atom stereocenters. The van der Waals surface area contributed by atoms with E-state index in [-0.39, 0.29) is 12.2 Å². The molecule has 1 aromatic heterocycles. The van der Waals surface area contributed by atoms with Gasteiger partial charge in [0.05, 0.1) is 25.7 Å². The normalized spacial score (nSPS) is 11.8. The number of rotatable bonds is 4. The van der Waals surface area contributed by atoms with E-state index in [0.29, 0.717) is 5.69 Å². The molecule has 6 nitrogen and oxygen atoms in total. The monoisotopic (exact) mass is 281 g/mol. The van der Waals surface area contributed by atoms with Crippen molar-refractivity contribution in [2.75, 3.05) is 11.9 Å². The van der Waals surface area contributed by atoms with E-state index in [9.17, 15) is 15.2 Å². The summed E-state index contributed by atoms with van der Waals surface area (Å²) in [4.78, 5) is 15.0. The number of benzene rings is 1. The van der Waals surface area contributed by atoms with E-state index in [0.717, 1.165) is 15.2 Å². The first-order chi connectivity index (χ1) is 8.76. The van der Waals surface area contributed by atoms with Gasteiger partial charge in [-0.15, -0.1) is 11.3 Å². The van der Waals surface area contributed by atoms with Gasteiger partial charge in [-0.2, -0.15) is 0 Å². The van der Waals surface area contributed by atoms with Crippen LogP contribution < -0.4 is 5.32 Å². The van der Waals surface area contributed by atoms with Crippen molar-refractivity contribution in [3.63, 3.8) is 0 Å². The smallest absolute Gasteiger partial charge is 0.293 e. The van der Waals surface area contributed by atoms with Gasteiger partial charge in [0.25, 0.3) is 5.69 Å². The van der Waals surface area contributed by atoms with E-state index >= 15 is 0 Å². The van der Waals surface area contributed by atoms with Crippen LogP contribution in [0.25, 0.3) is 10.2 Å². The standard InChI is InChI=1S/C12H15N3O3S/c1-7-14-9-4-8(13-6-12(2,3)16)10(15(17)18)5-11(9)19-7/h4-5,13,16H,6H2,1-3H3. The number of anilines is 1. The molecular weight excluding hydrogens is 266 g/mol. The fourth-order valence-corrected chi connectivity index (χ4v) is 2.52. The van der Waals surface area contributed by atoms with E-state index < -0.39 is 10.5 Å². The first kappa shape index (κ1) is 13.7. The number of nitrogens with one attached hydrogen (secondary N) is 1. The van der Waals surface area contributed by atoms with E-state index in [1.54, 1.807) is 19.9 Å². The van der Waals surface area contributed by atoms with Gasteiger partial charge in [0, 0.05) is 12.6 Å². The Labute approximate surface area is 114 Å². The Bertz CT molecular complexity index is 631. The number of fused-ring (bicyclic) bond motifs is 1. The lowest BCUT2D eigenvalue weighted by atomic mass is 10.1. The Morgan fingerprint density at radius 2 is 2.21 bits per heavy atom. The minimum Gasteiger partial charge on any atom is -0.389 e. The molecule has 0 bridgehead atoms. The fraction of sp³-hybridized carbons (Fsp3) is 0.417. The average molecular weight is 281 g/mol. The number of aromatic nitrogens is 1. The number of hydrogen-bond donors (Lipinski definition) is 2. The molecule has 1 heterocycles. The van der Waals surface area contributed by atoms with E-state index in [1.165, 1.54) is 17.4 Å². The van der Waals surface area contributed by atoms with Crippen LogP contribution in [0.3, 0.4) is 0 Å². The number of nitrogens with zero attached hydrogens (tertiary/aromatic N) is 2. The number of hydrogen-bond acceptors (Lipinski definition) is 6. The van der Waals surface area contributed by atoms with E-state index in [4.69, 9.17) is 0 Å². The second-order valence-electron chi connectivity index (χ2n) is 4.99. The van der Waals surface area contributed by atoms with Crippen LogP contribution in [-0.4, -0.2) is 27.2 Å². The molecular formula is C12H15N3O3S. The molecule has 19 heavy (non-hydrogen) atoms. The Kier molecular flexibility index (Phi) is 3.42. The van der Waals surface area contributed by atoms with Crippen LogP contribution in [0.5, 0.6) is 0 Å². The first-order valence-corrected chi connectivity index (χ1v) is 6.60. The van der Waals surface area contributed by atoms with Gasteiger partial charge in [0.15, 0.2) is 0 Å². The van der Waals surface area contributed by atoms with Crippen LogP contribution in [0.4, 0.5) is 11.4 Å². The van der Waals surface area contributed by atoms with Gasteiger partial charge < -0.3 is 10.4 Å². The Morgan fingerprint density at radius 3 is 2.79 bits per heavy atom. The van der Waals surface area contributed by atoms with Gasteiger partial charge in [-0.3, -0.25) is 10.1 Å². The number of aliphatic hydroxyl groups is 1. The highest BCUT2D eigenvalue weighted by molar-refractivity contribution is 7.18. The molecule has 7 heteroatoms. The van der Waals surface area contributed by atoms with Crippen LogP contribution in [0, 0.1) is 17.0 Å². The van der Waals surface area contributed by atoms with Gasteiger partial charge in [-0.25, -0.2) is 4.98 Å². The predicted molar refractivity (Wildman–Crippen MR) is 75.8 cm³/mol. The molecule has 0 saturated carbocycles. The number of nitro groups is 1. The summed E-state index contributed by atoms with van der Waals surface area (Å²) < 4.78 is 0.790. The third-order valence-corrected chi connectivity index (χ3v) is 3.45. The van der Waals surface area contributed by atoms with Crippen LogP contribution in [0.1, 0.15) is 18.9 Å². The van der Waals surface area contributed by atoms with Gasteiger partial charge in [-0.05, 0) is 26.8 Å². The largest absolute Gasteiger partial charge is 0.389 e. The number of aryl methyl sites for hydroxylation is 1. The SMILES string of the molecule is Cc1nc2cc(NCC(C)(C)O)c([N+](=O)[O-])cc2s1. The summed E-state index contributed by atoms with van der Waals surface area (Å²) in [6.07, 6.45) is 0. The molecule has 0 fully saturated rings. The van der Waals surface area contributed by atoms with Crippen molar-refractivity contribution in [1.29, 1.82) is 0 Å². The maximum absolute atomic E-state index is 11.1. The van der Waals surface area contributed by atoms with Crippen molar-refractivity contribution in [1.82, 2.24) is 4.98 Å². The molecule has 2 rings (SSSR count). The van der Waals surface area contributed by atoms with Crippen molar-refractivity contribution in [3.05, 3.63) is 27.3 Å². The van der Waals surface area contributed by atoms with Crippen molar-refractivity contribution >= 4 is 32.9 Å². The lowest BCUT2D eigenvalue weighted by Crippen LogP contribution is -2.29. The molecule has 0 radical (unpaired) electrons. The molecule has 2 aromatic rings. The highest BCUT2D eigenvalue weighted by atomic mass is 32.1. The van der Waals surface area contributed by atoms with Gasteiger partial charge in [0.1, 0.15) is 5.69 Å². The zero-order valence-corrected chi connectivity index (χ0v) is 11.7. The Balaban J connectivity index is 2.44. The quantitative estimate of drug-likeness (QED) is 0.664. The molecule has 0 aliphatic rings. The zero-order valence-electron chi connectivity index (χ0n) is 10.9. The van der Waals surface area contributed by atoms with Crippen molar-refractivity contribution in [2.24, 2.45) is 0 Å². The third-order valence-electron chi connectivity index (χ3n) is 2.52. The maximum atomic E-state index is 11.1. The molecule has 2 N–H and O–H groups in total. The van der Waals surface area contributed by atoms with E-state index in [1.807, 2.05) is 6.92 Å². The van der Waals surface area contributed by atoms with Crippen molar-refractivity contribution in [3.8, 4) is 0 Å². The van der Waals surface area contributed by atoms with Gasteiger partial charge in [0.2, 0.25) is 0 Å². The van der Waals surface area contributed by atoms with Crippen LogP contribution in [0.2, 0.25) is 0 Å². The summed E-state index contributed by atoms with van der Waals surface area (Å²) >= 11 is 1.42. The minimum atomic E-state index is -0.944. The van der Waals surface area contributed by atoms with Crippen molar-refractivity contribution < 1.29 is 10.0 Å². The Morgan fingerprint density at radius 1 is 1.53 bits per heavy atom. The maximum Gasteiger partial charge on any atom is 0.293 e. The third kappa shape index (κ3) is 3.18. The van der Waals surface area contributed by atoms with Gasteiger partial charge in [-0.1, -0.05) is 0 Å².